The van der Waals surface area contributed by atoms with Gasteiger partial charge in [0.1, 0.15) is 41.7 Å². The van der Waals surface area contributed by atoms with E-state index in [-0.39, 0.29) is 31.1 Å². The van der Waals surface area contributed by atoms with Crippen molar-refractivity contribution in [3.8, 4) is 11.5 Å². The second-order valence-corrected chi connectivity index (χ2v) is 14.5. The molecule has 2 aromatic heterocycles. The number of ether oxygens (including phenoxy) is 3. The molecule has 4 heterocycles. The lowest BCUT2D eigenvalue weighted by molar-refractivity contribution is 0.0214. The van der Waals surface area contributed by atoms with Gasteiger partial charge in [-0.1, -0.05) is 35.3 Å². The molecule has 15 heteroatoms. The van der Waals surface area contributed by atoms with Crippen molar-refractivity contribution in [1.82, 2.24) is 19.8 Å². The molecule has 2 aliphatic rings. The number of oxazole rings is 2. The Hall–Kier alpha value is -4.46. The van der Waals surface area contributed by atoms with Crippen molar-refractivity contribution < 1.29 is 42.8 Å². The van der Waals surface area contributed by atoms with Crippen molar-refractivity contribution in [3.63, 3.8) is 0 Å². The lowest BCUT2D eigenvalue weighted by Crippen LogP contribution is -2.40. The number of fused-ring (bicyclic) bond motifs is 2. The number of hydrogen-bond acceptors (Lipinski definition) is 11. The van der Waals surface area contributed by atoms with Crippen LogP contribution in [-0.4, -0.2) is 66.5 Å². The van der Waals surface area contributed by atoms with E-state index in [4.69, 9.17) is 46.9 Å². The summed E-state index contributed by atoms with van der Waals surface area (Å²) in [7, 11) is 0. The third-order valence-corrected chi connectivity index (χ3v) is 8.24. The van der Waals surface area contributed by atoms with Crippen molar-refractivity contribution in [2.45, 2.75) is 91.9 Å². The Morgan fingerprint density at radius 3 is 1.73 bits per heavy atom. The number of hydrogen-bond donors (Lipinski definition) is 2. The predicted molar refractivity (Wildman–Crippen MR) is 189 cm³/mol. The number of carbonyl (C=O) groups is 2. The summed E-state index contributed by atoms with van der Waals surface area (Å²) in [5.74, 6) is 1.82. The van der Waals surface area contributed by atoms with Crippen LogP contribution in [0, 0.1) is 0 Å². The zero-order chi connectivity index (χ0) is 37.3. The fourth-order valence-corrected chi connectivity index (χ4v) is 5.66. The average molecular weight is 748 g/mol. The van der Waals surface area contributed by atoms with E-state index < -0.39 is 11.2 Å². The second kappa shape index (κ2) is 17.2. The van der Waals surface area contributed by atoms with Crippen LogP contribution in [0.25, 0.3) is 0 Å². The number of aromatic hydroxyl groups is 1. The lowest BCUT2D eigenvalue weighted by Gasteiger charge is -2.31. The molecule has 0 atom stereocenters. The summed E-state index contributed by atoms with van der Waals surface area (Å²) in [5.41, 5.74) is 2.89. The van der Waals surface area contributed by atoms with Crippen molar-refractivity contribution in [1.29, 1.82) is 0 Å². The minimum absolute atomic E-state index is 0.0694. The van der Waals surface area contributed by atoms with Gasteiger partial charge >= 0.3 is 12.2 Å². The van der Waals surface area contributed by atoms with Gasteiger partial charge in [-0.3, -0.25) is 0 Å². The van der Waals surface area contributed by atoms with Crippen molar-refractivity contribution in [2.24, 2.45) is 0 Å². The molecular weight excluding hydrogens is 703 g/mol. The Morgan fingerprint density at radius 2 is 1.27 bits per heavy atom. The topological polar surface area (TPSA) is 161 Å². The Kier molecular flexibility index (Phi) is 13.2. The lowest BCUT2D eigenvalue weighted by atomic mass is 9.99. The van der Waals surface area contributed by atoms with Crippen LogP contribution in [0.1, 0.15) is 75.3 Å². The van der Waals surface area contributed by atoms with Crippen LogP contribution in [0.5, 0.6) is 11.5 Å². The maximum Gasteiger partial charge on any atom is 0.410 e. The first kappa shape index (κ1) is 39.3. The van der Waals surface area contributed by atoms with Crippen LogP contribution < -0.4 is 4.74 Å². The molecule has 51 heavy (non-hydrogen) atoms. The zero-order valence-corrected chi connectivity index (χ0v) is 31.1. The van der Waals surface area contributed by atoms with Gasteiger partial charge in [-0.15, -0.1) is 0 Å². The van der Waals surface area contributed by atoms with Crippen LogP contribution >= 0.6 is 23.2 Å². The van der Waals surface area contributed by atoms with E-state index >= 15 is 0 Å². The first-order chi connectivity index (χ1) is 24.0. The summed E-state index contributed by atoms with van der Waals surface area (Å²) in [6.07, 6.45) is 6.38. The summed E-state index contributed by atoms with van der Waals surface area (Å²) in [6, 6.07) is 7.11. The zero-order valence-electron chi connectivity index (χ0n) is 29.6. The SMILES string of the molecule is CC(C)(C)OC(=O)N1CCc2c(ccc(O)c2Cl)C1.CC(C)(C)OC(=O)N1CCc2c(ccc(OCc3cnco3)c2Cl)C1.OCc1cnco1. The van der Waals surface area contributed by atoms with E-state index in [1.165, 1.54) is 19.0 Å². The van der Waals surface area contributed by atoms with Gasteiger partial charge in [0.25, 0.3) is 0 Å². The van der Waals surface area contributed by atoms with Gasteiger partial charge < -0.3 is 43.1 Å². The smallest absolute Gasteiger partial charge is 0.410 e. The number of benzene rings is 2. The maximum atomic E-state index is 12.2. The molecule has 13 nitrogen and oxygen atoms in total. The molecule has 2 aromatic carbocycles. The molecule has 2 aliphatic heterocycles. The van der Waals surface area contributed by atoms with E-state index in [0.717, 1.165) is 22.3 Å². The second-order valence-electron chi connectivity index (χ2n) is 13.7. The highest BCUT2D eigenvalue weighted by atomic mass is 35.5. The van der Waals surface area contributed by atoms with Gasteiger partial charge in [-0.05, 0) is 88.8 Å². The quantitative estimate of drug-likeness (QED) is 0.211. The Morgan fingerprint density at radius 1 is 0.784 bits per heavy atom. The predicted octanol–water partition coefficient (Wildman–Crippen LogP) is 7.71. The number of amides is 2. The Labute approximate surface area is 307 Å². The Balaban J connectivity index is 0.000000197. The first-order valence-electron chi connectivity index (χ1n) is 16.3. The van der Waals surface area contributed by atoms with Crippen LogP contribution in [-0.2, 0) is 48.6 Å². The fourth-order valence-electron chi connectivity index (χ4n) is 5.05. The van der Waals surface area contributed by atoms with Crippen LogP contribution in [0.3, 0.4) is 0 Å². The molecular formula is C36H44Cl2N4O9. The molecule has 0 fully saturated rings. The number of phenolic OH excluding ortho intramolecular Hbond substituents is 1. The highest BCUT2D eigenvalue weighted by Crippen LogP contribution is 2.35. The van der Waals surface area contributed by atoms with E-state index in [0.29, 0.717) is 66.3 Å². The number of phenols is 1. The van der Waals surface area contributed by atoms with Crippen molar-refractivity contribution in [2.75, 3.05) is 13.1 Å². The van der Waals surface area contributed by atoms with Crippen LogP contribution in [0.2, 0.25) is 10.0 Å². The van der Waals surface area contributed by atoms with Crippen molar-refractivity contribution >= 4 is 35.4 Å². The number of carbonyl (C=O) groups excluding carboxylic acids is 2. The van der Waals surface area contributed by atoms with Gasteiger partial charge in [0.15, 0.2) is 18.5 Å². The molecule has 0 saturated carbocycles. The van der Waals surface area contributed by atoms with E-state index in [2.05, 4.69) is 14.4 Å². The maximum absolute atomic E-state index is 12.2. The van der Waals surface area contributed by atoms with Gasteiger partial charge in [0, 0.05) is 26.2 Å². The van der Waals surface area contributed by atoms with Crippen LogP contribution in [0.15, 0.2) is 58.3 Å². The van der Waals surface area contributed by atoms with Crippen molar-refractivity contribution in [3.05, 3.63) is 93.3 Å². The number of rotatable bonds is 4. The normalized spacial score (nSPS) is 13.8. The summed E-state index contributed by atoms with van der Waals surface area (Å²) >= 11 is 12.6. The molecule has 6 rings (SSSR count). The van der Waals surface area contributed by atoms with Crippen LogP contribution in [0.4, 0.5) is 9.59 Å². The molecule has 0 radical (unpaired) electrons. The average Bonchev–Trinajstić information content (AvgIpc) is 3.80. The molecule has 0 aliphatic carbocycles. The molecule has 2 amide bonds. The third kappa shape index (κ3) is 11.5. The molecule has 276 valence electrons. The number of nitrogens with zero attached hydrogens (tertiary/aromatic N) is 4. The molecule has 4 aromatic rings. The summed E-state index contributed by atoms with van der Waals surface area (Å²) in [5, 5.41) is 18.8. The molecule has 0 bridgehead atoms. The van der Waals surface area contributed by atoms with Gasteiger partial charge in [-0.25, -0.2) is 19.6 Å². The Bertz CT molecular complexity index is 1750. The molecule has 0 spiro atoms. The van der Waals surface area contributed by atoms with Gasteiger partial charge in [0.2, 0.25) is 0 Å². The molecule has 0 unspecified atom stereocenters. The largest absolute Gasteiger partial charge is 0.506 e. The fraction of sp³-hybridized carbons (Fsp3) is 0.444. The standard InChI is InChI=1S/C18H21ClN2O4.C14H18ClNO3.C4H5NO2/c1-18(2,3)25-17(22)21-7-6-14-12(9-21)4-5-15(16(14)19)23-10-13-8-20-11-24-13;1-14(2,3)19-13(18)16-7-6-10-9(8-16)4-5-11(17)12(10)15;6-2-4-1-5-3-7-4/h4-5,8,11H,6-7,9-10H2,1-3H3;4-5,17H,6-8H2,1-3H3;1,3,6H,2H2. The highest BCUT2D eigenvalue weighted by molar-refractivity contribution is 6.33. The molecule has 0 saturated heterocycles. The highest BCUT2D eigenvalue weighted by Gasteiger charge is 2.29. The van der Waals surface area contributed by atoms with Gasteiger partial charge in [0.05, 0.1) is 22.4 Å². The van der Waals surface area contributed by atoms with Gasteiger partial charge in [-0.2, -0.15) is 0 Å². The minimum Gasteiger partial charge on any atom is -0.506 e. The summed E-state index contributed by atoms with van der Waals surface area (Å²) < 4.78 is 26.3. The number of halogens is 2. The number of aliphatic hydroxyl groups excluding tert-OH is 1. The van der Waals surface area contributed by atoms with E-state index in [1.54, 1.807) is 28.1 Å². The summed E-state index contributed by atoms with van der Waals surface area (Å²) in [6.45, 7) is 13.4. The summed E-state index contributed by atoms with van der Waals surface area (Å²) in [4.78, 5) is 35.0. The first-order valence-corrected chi connectivity index (χ1v) is 17.0. The monoisotopic (exact) mass is 746 g/mol. The number of aromatic nitrogens is 2. The minimum atomic E-state index is -0.507. The van der Waals surface area contributed by atoms with E-state index in [1.807, 2.05) is 53.7 Å². The third-order valence-electron chi connectivity index (χ3n) is 7.41. The molecule has 2 N–H and O–H groups in total. The number of aliphatic hydroxyl groups is 1. The van der Waals surface area contributed by atoms with E-state index in [9.17, 15) is 14.7 Å².